The minimum absolute atomic E-state index is 0.00348. The van der Waals surface area contributed by atoms with Crippen LogP contribution in [0, 0.1) is 11.8 Å². The molecule has 0 spiro atoms. The van der Waals surface area contributed by atoms with Crippen molar-refractivity contribution in [3.05, 3.63) is 36.0 Å². The number of ether oxygens (including phenoxy) is 4. The van der Waals surface area contributed by atoms with E-state index in [4.69, 9.17) is 18.9 Å². The van der Waals surface area contributed by atoms with Gasteiger partial charge in [-0.1, -0.05) is 45.1 Å². The number of nitrogens with zero attached hydrogens (tertiary/aromatic N) is 2. The van der Waals surface area contributed by atoms with Crippen LogP contribution in [-0.4, -0.2) is 125 Å². The average Bonchev–Trinajstić information content (AvgIpc) is 3.80. The van der Waals surface area contributed by atoms with Gasteiger partial charge in [0.1, 0.15) is 11.7 Å². The maximum absolute atomic E-state index is 13.4. The number of esters is 1. The maximum atomic E-state index is 13.4. The van der Waals surface area contributed by atoms with Crippen LogP contribution < -0.4 is 0 Å². The topological polar surface area (TPSA) is 142 Å². The van der Waals surface area contributed by atoms with Crippen LogP contribution in [0.1, 0.15) is 86.5 Å². The van der Waals surface area contributed by atoms with Crippen LogP contribution >= 0.6 is 0 Å². The lowest BCUT2D eigenvalue weighted by molar-refractivity contribution is -0.151. The minimum atomic E-state index is -1.14. The fraction of sp³-hybridized carbons (Fsp3) is 0.784. The molecule has 3 aliphatic rings. The molecule has 0 saturated carbocycles. The number of allylic oxidation sites excluding steroid dienone is 2. The quantitative estimate of drug-likeness (QED) is 0.125. The number of carbonyl (C=O) groups excluding carboxylic acids is 2. The summed E-state index contributed by atoms with van der Waals surface area (Å²) in [6, 6.07) is 0.424. The zero-order chi connectivity index (χ0) is 35.8. The van der Waals surface area contributed by atoms with Gasteiger partial charge in [-0.2, -0.15) is 0 Å². The van der Waals surface area contributed by atoms with Gasteiger partial charge in [0.05, 0.1) is 36.4 Å². The number of hydrogen-bond acceptors (Lipinski definition) is 10. The summed E-state index contributed by atoms with van der Waals surface area (Å²) in [5.41, 5.74) is -1.34. The summed E-state index contributed by atoms with van der Waals surface area (Å²) in [5, 5.41) is 31.9. The van der Waals surface area contributed by atoms with Gasteiger partial charge in [-0.25, -0.2) is 4.79 Å². The highest BCUT2D eigenvalue weighted by molar-refractivity contribution is 5.70. The number of rotatable bonds is 11. The second-order valence-corrected chi connectivity index (χ2v) is 14.9. The molecule has 3 aliphatic heterocycles. The summed E-state index contributed by atoms with van der Waals surface area (Å²) in [5.74, 6) is -0.835. The SMILES string of the molecule is CCC(O)C(C)C1OC1CC(C)(O)/C=C/C=C(\C)C1OC(=O)CC(O)CCC(C)(OC)C(OC(=O)N2CCC(N(C)C)CC2)/C=C\C1C. The van der Waals surface area contributed by atoms with E-state index in [1.165, 1.54) is 0 Å². The van der Waals surface area contributed by atoms with Gasteiger partial charge in [0.15, 0.2) is 6.10 Å². The third-order valence-electron chi connectivity index (χ3n) is 10.5. The molecule has 10 unspecified atom stereocenters. The molecule has 0 aromatic rings. The summed E-state index contributed by atoms with van der Waals surface area (Å²) >= 11 is 0. The number of aliphatic hydroxyl groups is 3. The lowest BCUT2D eigenvalue weighted by atomic mass is 9.88. The Balaban J connectivity index is 1.77. The van der Waals surface area contributed by atoms with Crippen LogP contribution in [0.4, 0.5) is 4.79 Å². The smallest absolute Gasteiger partial charge is 0.410 e. The van der Waals surface area contributed by atoms with E-state index in [0.717, 1.165) is 18.4 Å². The Labute approximate surface area is 287 Å². The molecule has 2 saturated heterocycles. The molecule has 3 rings (SSSR count). The second-order valence-electron chi connectivity index (χ2n) is 14.9. The summed E-state index contributed by atoms with van der Waals surface area (Å²) in [4.78, 5) is 30.2. The monoisotopic (exact) mass is 678 g/mol. The molecule has 3 N–H and O–H groups in total. The maximum Gasteiger partial charge on any atom is 0.410 e. The molecular weight excluding hydrogens is 616 g/mol. The highest BCUT2D eigenvalue weighted by Gasteiger charge is 2.47. The van der Waals surface area contributed by atoms with Gasteiger partial charge in [-0.05, 0) is 78.6 Å². The van der Waals surface area contributed by atoms with E-state index in [9.17, 15) is 24.9 Å². The van der Waals surface area contributed by atoms with Crippen LogP contribution in [0.3, 0.4) is 0 Å². The van der Waals surface area contributed by atoms with E-state index >= 15 is 0 Å². The number of cyclic esters (lactones) is 1. The molecule has 0 aromatic heterocycles. The summed E-state index contributed by atoms with van der Waals surface area (Å²) < 4.78 is 23.7. The van der Waals surface area contributed by atoms with E-state index in [1.807, 2.05) is 52.8 Å². The van der Waals surface area contributed by atoms with E-state index in [1.54, 1.807) is 31.1 Å². The Morgan fingerprint density at radius 2 is 1.92 bits per heavy atom. The van der Waals surface area contributed by atoms with Gasteiger partial charge in [-0.15, -0.1) is 0 Å². The van der Waals surface area contributed by atoms with Gasteiger partial charge in [0.2, 0.25) is 0 Å². The number of hydrogen-bond donors (Lipinski definition) is 3. The van der Waals surface area contributed by atoms with Crippen LogP contribution in [-0.2, 0) is 23.7 Å². The predicted molar refractivity (Wildman–Crippen MR) is 184 cm³/mol. The predicted octanol–water partition coefficient (Wildman–Crippen LogP) is 4.39. The highest BCUT2D eigenvalue weighted by Crippen LogP contribution is 2.37. The van der Waals surface area contributed by atoms with Crippen molar-refractivity contribution in [1.29, 1.82) is 0 Å². The first-order chi connectivity index (χ1) is 22.5. The van der Waals surface area contributed by atoms with Crippen molar-refractivity contribution in [2.75, 3.05) is 34.3 Å². The third kappa shape index (κ3) is 11.4. The van der Waals surface area contributed by atoms with Crippen LogP contribution in [0.15, 0.2) is 36.0 Å². The van der Waals surface area contributed by atoms with Gasteiger partial charge in [-0.3, -0.25) is 4.79 Å². The van der Waals surface area contributed by atoms with Gasteiger partial charge in [0.25, 0.3) is 0 Å². The normalized spacial score (nSPS) is 34.5. The molecule has 3 heterocycles. The average molecular weight is 679 g/mol. The number of amides is 1. The Kier molecular flexibility index (Phi) is 14.7. The molecule has 0 aromatic carbocycles. The Bertz CT molecular complexity index is 1150. The number of likely N-dealkylation sites (tertiary alicyclic amines) is 1. The van der Waals surface area contributed by atoms with Crippen LogP contribution in [0.2, 0.25) is 0 Å². The number of methoxy groups -OCH3 is 1. The Morgan fingerprint density at radius 3 is 2.52 bits per heavy atom. The fourth-order valence-electron chi connectivity index (χ4n) is 6.76. The molecule has 274 valence electrons. The van der Waals surface area contributed by atoms with Crippen molar-refractivity contribution >= 4 is 12.1 Å². The van der Waals surface area contributed by atoms with Crippen molar-refractivity contribution in [1.82, 2.24) is 9.80 Å². The molecule has 10 atom stereocenters. The van der Waals surface area contributed by atoms with E-state index < -0.39 is 47.7 Å². The van der Waals surface area contributed by atoms with Crippen molar-refractivity contribution in [2.24, 2.45) is 11.8 Å². The molecule has 11 nitrogen and oxygen atoms in total. The summed E-state index contributed by atoms with van der Waals surface area (Å²) in [7, 11) is 5.67. The van der Waals surface area contributed by atoms with Crippen molar-refractivity contribution < 1.29 is 43.9 Å². The van der Waals surface area contributed by atoms with Gasteiger partial charge in [0, 0.05) is 44.5 Å². The first kappa shape index (κ1) is 40.2. The lowest BCUT2D eigenvalue weighted by Crippen LogP contribution is -2.49. The second kappa shape index (κ2) is 17.6. The molecule has 0 bridgehead atoms. The Hall–Kier alpha value is -2.28. The molecular formula is C37H62N2O9. The first-order valence-corrected chi connectivity index (χ1v) is 17.6. The zero-order valence-electron chi connectivity index (χ0n) is 30.6. The molecule has 2 fully saturated rings. The van der Waals surface area contributed by atoms with Gasteiger partial charge < -0.3 is 44.1 Å². The zero-order valence-corrected chi connectivity index (χ0v) is 30.6. The molecule has 48 heavy (non-hydrogen) atoms. The van der Waals surface area contributed by atoms with Crippen LogP contribution in [0.5, 0.6) is 0 Å². The van der Waals surface area contributed by atoms with Crippen molar-refractivity contribution in [2.45, 2.75) is 140 Å². The first-order valence-electron chi connectivity index (χ1n) is 17.6. The lowest BCUT2D eigenvalue weighted by Gasteiger charge is -2.38. The summed E-state index contributed by atoms with van der Waals surface area (Å²) in [6.45, 7) is 12.5. The largest absolute Gasteiger partial charge is 0.457 e. The number of piperidine rings is 1. The number of epoxide rings is 1. The number of carbonyl (C=O) groups is 2. The number of aliphatic hydroxyl groups excluding tert-OH is 2. The Morgan fingerprint density at radius 1 is 1.25 bits per heavy atom. The standard InChI is InChI=1S/C37H62N2O9/c1-10-29(41)26(4)34-30(46-34)23-36(5,44)18-11-12-24(2)33-25(3)13-14-31(37(6,45-9)19-15-28(40)22-32(42)48-33)47-35(43)39-20-16-27(17-21-39)38(7)8/h11-14,18,25-31,33-34,40-41,44H,10,15-17,19-23H2,1-9H3/b14-13-,18-11+,24-12+. The highest BCUT2D eigenvalue weighted by atomic mass is 16.6. The van der Waals surface area contributed by atoms with Gasteiger partial charge >= 0.3 is 12.1 Å². The molecule has 0 aliphatic carbocycles. The van der Waals surface area contributed by atoms with E-state index in [0.29, 0.717) is 38.4 Å². The molecule has 11 heteroatoms. The fourth-order valence-corrected chi connectivity index (χ4v) is 6.76. The van der Waals surface area contributed by atoms with E-state index in [-0.39, 0.29) is 36.9 Å². The van der Waals surface area contributed by atoms with Crippen LogP contribution in [0.25, 0.3) is 0 Å². The van der Waals surface area contributed by atoms with Crippen molar-refractivity contribution in [3.63, 3.8) is 0 Å². The van der Waals surface area contributed by atoms with Crippen molar-refractivity contribution in [3.8, 4) is 0 Å². The minimum Gasteiger partial charge on any atom is -0.457 e. The van der Waals surface area contributed by atoms with E-state index in [2.05, 4.69) is 19.0 Å². The molecule has 1 amide bonds. The summed E-state index contributed by atoms with van der Waals surface area (Å²) in [6.07, 6.45) is 8.74. The third-order valence-corrected chi connectivity index (χ3v) is 10.5. The molecule has 0 radical (unpaired) electrons.